The molecule has 29 heavy (non-hydrogen) atoms. The summed E-state index contributed by atoms with van der Waals surface area (Å²) in [5.41, 5.74) is 1.61. The summed E-state index contributed by atoms with van der Waals surface area (Å²) in [6.45, 7) is 0.394. The number of hydrogen-bond donors (Lipinski definition) is 1. The van der Waals surface area contributed by atoms with Gasteiger partial charge >= 0.3 is 0 Å². The predicted octanol–water partition coefficient (Wildman–Crippen LogP) is 3.95. The van der Waals surface area contributed by atoms with Gasteiger partial charge in [0.15, 0.2) is 17.3 Å². The number of carbonyl (C=O) groups excluding carboxylic acids is 1. The average molecular weight is 433 g/mol. The summed E-state index contributed by atoms with van der Waals surface area (Å²) < 4.78 is 12.6. The first-order chi connectivity index (χ1) is 14.1. The maximum atomic E-state index is 12.3. The summed E-state index contributed by atoms with van der Waals surface area (Å²) in [6, 6.07) is 16.7. The molecule has 0 radical (unpaired) electrons. The summed E-state index contributed by atoms with van der Waals surface area (Å²) >= 11 is 7.17. The first kappa shape index (κ1) is 21.3. The van der Waals surface area contributed by atoms with Crippen LogP contribution in [0, 0.1) is 0 Å². The van der Waals surface area contributed by atoms with Crippen LogP contribution >= 0.6 is 23.4 Å². The molecule has 0 aliphatic carbocycles. The van der Waals surface area contributed by atoms with E-state index in [2.05, 4.69) is 15.5 Å². The number of aromatic nitrogens is 3. The third kappa shape index (κ3) is 5.80. The standard InChI is InChI=1S/C20H21ClN4O3S/c1-27-18(28-2)12-25-19(14-6-4-3-5-7-14)23-24-20(25)29-13-17(26)22-16-10-8-15(21)9-11-16/h3-11,18H,12-13H2,1-2H3,(H,22,26). The molecule has 9 heteroatoms. The van der Waals surface area contributed by atoms with E-state index < -0.39 is 6.29 Å². The Morgan fingerprint density at radius 1 is 1.10 bits per heavy atom. The lowest BCUT2D eigenvalue weighted by molar-refractivity contribution is -0.113. The number of thioether (sulfide) groups is 1. The quantitative estimate of drug-likeness (QED) is 0.407. The molecule has 0 spiro atoms. The fraction of sp³-hybridized carbons (Fsp3) is 0.250. The maximum Gasteiger partial charge on any atom is 0.234 e. The third-order valence-corrected chi connectivity index (χ3v) is 5.29. The molecular formula is C20H21ClN4O3S. The lowest BCUT2D eigenvalue weighted by Crippen LogP contribution is -2.22. The summed E-state index contributed by atoms with van der Waals surface area (Å²) in [6.07, 6.45) is -0.462. The van der Waals surface area contributed by atoms with Crippen molar-refractivity contribution in [1.82, 2.24) is 14.8 Å². The van der Waals surface area contributed by atoms with E-state index in [1.54, 1.807) is 38.5 Å². The predicted molar refractivity (Wildman–Crippen MR) is 114 cm³/mol. The number of halogens is 1. The van der Waals surface area contributed by atoms with Gasteiger partial charge in [-0.15, -0.1) is 10.2 Å². The number of ether oxygens (including phenoxy) is 2. The zero-order valence-corrected chi connectivity index (χ0v) is 17.6. The van der Waals surface area contributed by atoms with Crippen molar-refractivity contribution in [3.8, 4) is 11.4 Å². The summed E-state index contributed by atoms with van der Waals surface area (Å²) in [7, 11) is 3.15. The highest BCUT2D eigenvalue weighted by Crippen LogP contribution is 2.25. The Balaban J connectivity index is 1.74. The van der Waals surface area contributed by atoms with Gasteiger partial charge in [-0.2, -0.15) is 0 Å². The van der Waals surface area contributed by atoms with E-state index in [1.807, 2.05) is 34.9 Å². The molecule has 0 atom stereocenters. The minimum Gasteiger partial charge on any atom is -0.354 e. The smallest absolute Gasteiger partial charge is 0.234 e. The van der Waals surface area contributed by atoms with Crippen molar-refractivity contribution < 1.29 is 14.3 Å². The van der Waals surface area contributed by atoms with Gasteiger partial charge in [-0.05, 0) is 24.3 Å². The number of nitrogens with one attached hydrogen (secondary N) is 1. The van der Waals surface area contributed by atoms with E-state index in [1.165, 1.54) is 11.8 Å². The van der Waals surface area contributed by atoms with Crippen LogP contribution in [0.25, 0.3) is 11.4 Å². The maximum absolute atomic E-state index is 12.3. The summed E-state index contributed by atoms with van der Waals surface area (Å²) in [5, 5.41) is 12.6. The zero-order chi connectivity index (χ0) is 20.6. The molecule has 0 saturated carbocycles. The van der Waals surface area contributed by atoms with Crippen LogP contribution in [-0.2, 0) is 20.8 Å². The Kier molecular flexibility index (Phi) is 7.65. The molecule has 1 amide bonds. The second-order valence-electron chi connectivity index (χ2n) is 6.03. The van der Waals surface area contributed by atoms with Gasteiger partial charge < -0.3 is 14.8 Å². The number of methoxy groups -OCH3 is 2. The van der Waals surface area contributed by atoms with Crippen LogP contribution in [0.3, 0.4) is 0 Å². The van der Waals surface area contributed by atoms with Gasteiger partial charge in [-0.25, -0.2) is 0 Å². The van der Waals surface area contributed by atoms with Gasteiger partial charge in [0.05, 0.1) is 12.3 Å². The van der Waals surface area contributed by atoms with Crippen LogP contribution in [0.5, 0.6) is 0 Å². The lowest BCUT2D eigenvalue weighted by atomic mass is 10.2. The van der Waals surface area contributed by atoms with Gasteiger partial charge in [-0.1, -0.05) is 53.7 Å². The molecule has 0 saturated heterocycles. The van der Waals surface area contributed by atoms with Crippen LogP contribution in [0.15, 0.2) is 59.8 Å². The van der Waals surface area contributed by atoms with Crippen molar-refractivity contribution >= 4 is 35.0 Å². The number of amides is 1. The third-order valence-electron chi connectivity index (χ3n) is 4.07. The number of anilines is 1. The number of nitrogens with zero attached hydrogens (tertiary/aromatic N) is 3. The minimum absolute atomic E-state index is 0.150. The molecule has 152 valence electrons. The number of rotatable bonds is 9. The molecule has 0 bridgehead atoms. The van der Waals surface area contributed by atoms with Crippen LogP contribution < -0.4 is 5.32 Å². The molecule has 1 N–H and O–H groups in total. The Morgan fingerprint density at radius 2 is 1.79 bits per heavy atom. The van der Waals surface area contributed by atoms with Gasteiger partial charge in [0.2, 0.25) is 5.91 Å². The highest BCUT2D eigenvalue weighted by atomic mass is 35.5. The highest BCUT2D eigenvalue weighted by molar-refractivity contribution is 7.99. The minimum atomic E-state index is -0.462. The van der Waals surface area contributed by atoms with E-state index in [0.29, 0.717) is 28.2 Å². The molecule has 3 rings (SSSR count). The molecule has 3 aromatic rings. The molecule has 0 aliphatic heterocycles. The molecule has 1 heterocycles. The Morgan fingerprint density at radius 3 is 2.45 bits per heavy atom. The number of benzene rings is 2. The molecule has 2 aromatic carbocycles. The van der Waals surface area contributed by atoms with Crippen molar-refractivity contribution in [2.45, 2.75) is 18.0 Å². The number of hydrogen-bond acceptors (Lipinski definition) is 6. The van der Waals surface area contributed by atoms with Crippen molar-refractivity contribution in [3.05, 3.63) is 59.6 Å². The van der Waals surface area contributed by atoms with Gasteiger partial charge in [-0.3, -0.25) is 9.36 Å². The first-order valence-electron chi connectivity index (χ1n) is 8.83. The van der Waals surface area contributed by atoms with Crippen LogP contribution in [0.2, 0.25) is 5.02 Å². The largest absolute Gasteiger partial charge is 0.354 e. The van der Waals surface area contributed by atoms with Gasteiger partial charge in [0.25, 0.3) is 0 Å². The molecule has 1 aromatic heterocycles. The molecule has 0 unspecified atom stereocenters. The summed E-state index contributed by atoms with van der Waals surface area (Å²) in [5.74, 6) is 0.716. The van der Waals surface area contributed by atoms with Gasteiger partial charge in [0, 0.05) is 30.5 Å². The number of carbonyl (C=O) groups is 1. The summed E-state index contributed by atoms with van der Waals surface area (Å²) in [4.78, 5) is 12.3. The topological polar surface area (TPSA) is 78.3 Å². The monoisotopic (exact) mass is 432 g/mol. The van der Waals surface area contributed by atoms with Crippen molar-refractivity contribution in [2.24, 2.45) is 0 Å². The van der Waals surface area contributed by atoms with Crippen LogP contribution in [-0.4, -0.2) is 46.9 Å². The van der Waals surface area contributed by atoms with Crippen molar-refractivity contribution in [2.75, 3.05) is 25.3 Å². The second-order valence-corrected chi connectivity index (χ2v) is 7.41. The van der Waals surface area contributed by atoms with E-state index in [0.717, 1.165) is 5.56 Å². The average Bonchev–Trinajstić information content (AvgIpc) is 3.15. The van der Waals surface area contributed by atoms with Crippen molar-refractivity contribution in [1.29, 1.82) is 0 Å². The lowest BCUT2D eigenvalue weighted by Gasteiger charge is -2.17. The Hall–Kier alpha value is -2.39. The SMILES string of the molecule is COC(Cn1c(SCC(=O)Nc2ccc(Cl)cc2)nnc1-c1ccccc1)OC. The molecule has 7 nitrogen and oxygen atoms in total. The van der Waals surface area contributed by atoms with E-state index in [-0.39, 0.29) is 11.7 Å². The Labute approximate surface area is 178 Å². The molecule has 0 fully saturated rings. The zero-order valence-electron chi connectivity index (χ0n) is 16.0. The fourth-order valence-corrected chi connectivity index (χ4v) is 3.49. The van der Waals surface area contributed by atoms with Crippen LogP contribution in [0.4, 0.5) is 5.69 Å². The van der Waals surface area contributed by atoms with E-state index in [9.17, 15) is 4.79 Å². The fourth-order valence-electron chi connectivity index (χ4n) is 2.62. The van der Waals surface area contributed by atoms with Crippen molar-refractivity contribution in [3.63, 3.8) is 0 Å². The van der Waals surface area contributed by atoms with E-state index in [4.69, 9.17) is 21.1 Å². The molecular weight excluding hydrogens is 412 g/mol. The Bertz CT molecular complexity index is 931. The van der Waals surface area contributed by atoms with E-state index >= 15 is 0 Å². The first-order valence-corrected chi connectivity index (χ1v) is 10.2. The normalized spacial score (nSPS) is 11.0. The highest BCUT2D eigenvalue weighted by Gasteiger charge is 2.19. The second kappa shape index (κ2) is 10.4. The molecule has 0 aliphatic rings. The van der Waals surface area contributed by atoms with Crippen LogP contribution in [0.1, 0.15) is 0 Å². The van der Waals surface area contributed by atoms with Gasteiger partial charge in [0.1, 0.15) is 0 Å².